The van der Waals surface area contributed by atoms with Gasteiger partial charge in [-0.25, -0.2) is 9.97 Å². The molecule has 0 bridgehead atoms. The maximum atomic E-state index is 13.8. The van der Waals surface area contributed by atoms with Crippen LogP contribution in [0, 0.1) is 68.0 Å². The van der Waals surface area contributed by atoms with E-state index in [2.05, 4.69) is 9.97 Å². The number of alkyl halides is 12. The van der Waals surface area contributed by atoms with E-state index in [9.17, 15) is 84.3 Å². The minimum Gasteiger partial charge on any atom is -0.239 e. The summed E-state index contributed by atoms with van der Waals surface area (Å²) in [7, 11) is 0. The summed E-state index contributed by atoms with van der Waals surface area (Å²) in [5.41, 5.74) is -19.2. The number of nitriles is 6. The van der Waals surface area contributed by atoms with Crippen LogP contribution in [0.3, 0.4) is 0 Å². The van der Waals surface area contributed by atoms with Gasteiger partial charge in [-0.3, -0.25) is 0 Å². The van der Waals surface area contributed by atoms with Crippen molar-refractivity contribution in [1.29, 1.82) is 31.6 Å². The highest BCUT2D eigenvalue weighted by Gasteiger charge is 2.44. The first-order valence-corrected chi connectivity index (χ1v) is 14.0. The van der Waals surface area contributed by atoms with Crippen molar-refractivity contribution in [3.05, 3.63) is 104 Å². The zero-order valence-corrected chi connectivity index (χ0v) is 25.6. The Balaban J connectivity index is 1.97. The first kappa shape index (κ1) is 37.8. The Labute approximate surface area is 292 Å². The van der Waals surface area contributed by atoms with E-state index in [4.69, 9.17) is 0 Å². The maximum Gasteiger partial charge on any atom is 0.433 e. The zero-order chi connectivity index (χ0) is 40.3. The summed E-state index contributed by atoms with van der Waals surface area (Å²) in [4.78, 5) is 5.20. The highest BCUT2D eigenvalue weighted by molar-refractivity contribution is 6.29. The summed E-state index contributed by atoms with van der Waals surface area (Å²) >= 11 is 0. The number of halogens is 12. The minimum absolute atomic E-state index is 0.0985. The summed E-state index contributed by atoms with van der Waals surface area (Å²) in [6.07, 6.45) is -22.0. The normalized spacial score (nSPS) is 14.0. The Hall–Kier alpha value is -7.42. The first-order valence-electron chi connectivity index (χ1n) is 14.0. The molecule has 8 nitrogen and oxygen atoms in total. The predicted octanol–water partition coefficient (Wildman–Crippen LogP) is 9.05. The van der Waals surface area contributed by atoms with E-state index in [-0.39, 0.29) is 24.3 Å². The molecule has 1 aromatic carbocycles. The van der Waals surface area contributed by atoms with Crippen LogP contribution in [-0.2, 0) is 24.7 Å². The highest BCUT2D eigenvalue weighted by atomic mass is 19.4. The van der Waals surface area contributed by atoms with Crippen molar-refractivity contribution >= 4 is 33.4 Å². The molecule has 0 atom stereocenters. The largest absolute Gasteiger partial charge is 0.433 e. The quantitative estimate of drug-likeness (QED) is 0.184. The molecule has 20 heteroatoms. The monoisotopic (exact) mass is 754 g/mol. The van der Waals surface area contributed by atoms with Crippen LogP contribution in [0.2, 0.25) is 0 Å². The average Bonchev–Trinajstić information content (AvgIpc) is 3.58. The van der Waals surface area contributed by atoms with Gasteiger partial charge in [0.05, 0.1) is 11.1 Å². The molecule has 2 heterocycles. The predicted molar refractivity (Wildman–Crippen MR) is 156 cm³/mol. The zero-order valence-electron chi connectivity index (χ0n) is 25.6. The van der Waals surface area contributed by atoms with Gasteiger partial charge in [0.2, 0.25) is 0 Å². The molecule has 2 aliphatic carbocycles. The van der Waals surface area contributed by atoms with Crippen molar-refractivity contribution in [2.45, 2.75) is 24.7 Å². The molecule has 0 saturated heterocycles. The topological polar surface area (TPSA) is 169 Å². The molecule has 2 aliphatic rings. The number of fused-ring (bicyclic) bond motifs is 2. The average molecular weight is 754 g/mol. The van der Waals surface area contributed by atoms with Gasteiger partial charge in [-0.05, 0) is 58.7 Å². The Morgan fingerprint density at radius 3 is 0.889 bits per heavy atom. The summed E-state index contributed by atoms with van der Waals surface area (Å²) < 4.78 is 165. The van der Waals surface area contributed by atoms with Crippen molar-refractivity contribution in [3.63, 3.8) is 0 Å². The van der Waals surface area contributed by atoms with Gasteiger partial charge in [0.15, 0.2) is 0 Å². The van der Waals surface area contributed by atoms with Crippen LogP contribution in [0.15, 0.2) is 47.5 Å². The molecule has 0 amide bonds. The lowest BCUT2D eigenvalue weighted by atomic mass is 9.89. The number of pyridine rings is 2. The molecule has 0 unspecified atom stereocenters. The van der Waals surface area contributed by atoms with Gasteiger partial charge in [-0.2, -0.15) is 84.3 Å². The van der Waals surface area contributed by atoms with Gasteiger partial charge in [-0.15, -0.1) is 0 Å². The fourth-order valence-electron chi connectivity index (χ4n) is 5.75. The van der Waals surface area contributed by atoms with Crippen molar-refractivity contribution < 1.29 is 52.7 Å². The molecule has 2 aromatic heterocycles. The van der Waals surface area contributed by atoms with Gasteiger partial charge in [-0.1, -0.05) is 0 Å². The standard InChI is InChI=1S/C34H6F12N8/c35-31(36,37)23-1-13(2-24(53-23)32(38,39)40)27-21(11-51)17-5-18-20(6-19(17)29(27)15(7-47)8-48)30(16(9-49)10-50)28(22(18)12-52)14-3-25(33(41,42)43)54-26(4-14)34(44,45)46/h1-6H. The van der Waals surface area contributed by atoms with Gasteiger partial charge in [0.25, 0.3) is 0 Å². The fraction of sp³-hybridized carbons (Fsp3) is 0.118. The van der Waals surface area contributed by atoms with E-state index in [0.717, 1.165) is 12.1 Å². The lowest BCUT2D eigenvalue weighted by molar-refractivity contribution is -0.151. The second-order valence-electron chi connectivity index (χ2n) is 10.9. The second kappa shape index (κ2) is 12.7. The first-order chi connectivity index (χ1) is 25.0. The van der Waals surface area contributed by atoms with E-state index in [1.165, 1.54) is 24.3 Å². The third-order valence-electron chi connectivity index (χ3n) is 7.80. The summed E-state index contributed by atoms with van der Waals surface area (Å²) in [5, 5.41) is 59.8. The Morgan fingerprint density at radius 2 is 0.667 bits per heavy atom. The van der Waals surface area contributed by atoms with E-state index >= 15 is 0 Å². The molecule has 266 valence electrons. The van der Waals surface area contributed by atoms with Crippen molar-refractivity contribution in [3.8, 4) is 36.4 Å². The van der Waals surface area contributed by atoms with Crippen LogP contribution in [0.1, 0.15) is 56.2 Å². The van der Waals surface area contributed by atoms with Crippen molar-refractivity contribution in [2.75, 3.05) is 0 Å². The molecular formula is C34H6F12N8. The summed E-state index contributed by atoms with van der Waals surface area (Å²) in [6, 6.07) is 10.8. The Morgan fingerprint density at radius 1 is 0.407 bits per heavy atom. The van der Waals surface area contributed by atoms with Crippen LogP contribution in [0.4, 0.5) is 52.7 Å². The third-order valence-corrected chi connectivity index (χ3v) is 7.80. The van der Waals surface area contributed by atoms with Crippen molar-refractivity contribution in [2.24, 2.45) is 0 Å². The molecule has 54 heavy (non-hydrogen) atoms. The molecule has 0 spiro atoms. The number of allylic oxidation sites excluding steroid dienone is 8. The van der Waals surface area contributed by atoms with Crippen LogP contribution >= 0.6 is 0 Å². The van der Waals surface area contributed by atoms with Gasteiger partial charge < -0.3 is 0 Å². The molecule has 0 saturated carbocycles. The van der Waals surface area contributed by atoms with E-state index in [1.807, 2.05) is 0 Å². The van der Waals surface area contributed by atoms with Crippen LogP contribution in [0.25, 0.3) is 33.4 Å². The molecule has 0 radical (unpaired) electrons. The fourth-order valence-corrected chi connectivity index (χ4v) is 5.75. The molecule has 0 N–H and O–H groups in total. The van der Waals surface area contributed by atoms with Crippen LogP contribution in [0.5, 0.6) is 0 Å². The van der Waals surface area contributed by atoms with E-state index in [0.29, 0.717) is 0 Å². The lowest BCUT2D eigenvalue weighted by Crippen LogP contribution is -2.15. The summed E-state index contributed by atoms with van der Waals surface area (Å²) in [6.45, 7) is 0. The number of aromatic nitrogens is 2. The number of rotatable bonds is 2. The van der Waals surface area contributed by atoms with E-state index in [1.54, 1.807) is 12.1 Å². The third kappa shape index (κ3) is 6.23. The maximum absolute atomic E-state index is 13.8. The Kier molecular flexibility index (Phi) is 8.87. The molecule has 0 aliphatic heterocycles. The smallest absolute Gasteiger partial charge is 0.239 e. The number of benzene rings is 1. The molecule has 0 fully saturated rings. The van der Waals surface area contributed by atoms with Gasteiger partial charge in [0.1, 0.15) is 70.3 Å². The minimum atomic E-state index is -5.51. The number of hydrogen-bond donors (Lipinski definition) is 0. The molecule has 5 rings (SSSR count). The van der Waals surface area contributed by atoms with Crippen LogP contribution in [-0.4, -0.2) is 9.97 Å². The highest BCUT2D eigenvalue weighted by Crippen LogP contribution is 2.55. The Bertz CT molecular complexity index is 2330. The van der Waals surface area contributed by atoms with Crippen LogP contribution < -0.4 is 0 Å². The lowest BCUT2D eigenvalue weighted by Gasteiger charge is -2.16. The summed E-state index contributed by atoms with van der Waals surface area (Å²) in [5.74, 6) is 0. The van der Waals surface area contributed by atoms with Gasteiger partial charge in [0, 0.05) is 33.4 Å². The van der Waals surface area contributed by atoms with Crippen molar-refractivity contribution in [1.82, 2.24) is 9.97 Å². The number of hydrogen-bond acceptors (Lipinski definition) is 8. The molecule has 3 aromatic rings. The molecular weight excluding hydrogens is 748 g/mol. The second-order valence-corrected chi connectivity index (χ2v) is 10.9. The van der Waals surface area contributed by atoms with Gasteiger partial charge >= 0.3 is 24.7 Å². The SMILES string of the molecule is N#CC(C#N)=C1C(c2cc(C(F)(F)F)nc(C(F)(F)F)c2)=C(C#N)c2cc3c(cc21)C(=C(C#N)C#N)C(c1cc(C(F)(F)F)nc(C(F)(F)F)c1)=C3C#N. The van der Waals surface area contributed by atoms with E-state index < -0.39 is 125 Å². The number of nitrogens with zero attached hydrogens (tertiary/aromatic N) is 8.